The van der Waals surface area contributed by atoms with Gasteiger partial charge in [0.2, 0.25) is 5.96 Å². The zero-order chi connectivity index (χ0) is 14.4. The van der Waals surface area contributed by atoms with Crippen molar-refractivity contribution in [3.8, 4) is 0 Å². The van der Waals surface area contributed by atoms with Gasteiger partial charge in [0.05, 0.1) is 9.08 Å². The third-order valence-electron chi connectivity index (χ3n) is 3.06. The lowest BCUT2D eigenvalue weighted by Crippen LogP contribution is -2.30. The largest absolute Gasteiger partial charge is 0.369 e. The van der Waals surface area contributed by atoms with Gasteiger partial charge in [-0.05, 0) is 43.9 Å². The second-order valence-electron chi connectivity index (χ2n) is 4.29. The van der Waals surface area contributed by atoms with Crippen molar-refractivity contribution >= 4 is 55.2 Å². The Kier molecular flexibility index (Phi) is 3.17. The highest BCUT2D eigenvalue weighted by atomic mass is 79.9. The zero-order valence-corrected chi connectivity index (χ0v) is 13.2. The van der Waals surface area contributed by atoms with Crippen LogP contribution >= 0.6 is 31.9 Å². The van der Waals surface area contributed by atoms with Crippen LogP contribution in [0.2, 0.25) is 0 Å². The van der Waals surface area contributed by atoms with Gasteiger partial charge in [-0.2, -0.15) is 0 Å². The smallest absolute Gasteiger partial charge is 0.277 e. The molecule has 0 atom stereocenters. The minimum Gasteiger partial charge on any atom is -0.369 e. The standard InChI is InChI=1S/C11H9Br2N5O2/c12-5-4-3(6-10(20)18-11(14)17-6)1-2-15-9(19)7(4)16-8(5)13/h16H,1-2H2,(H,15,19)(H3,14,17,18,20)/b6-3-. The Morgan fingerprint density at radius 3 is 2.60 bits per heavy atom. The van der Waals surface area contributed by atoms with Crippen molar-refractivity contribution in [3.05, 3.63) is 26.0 Å². The lowest BCUT2D eigenvalue weighted by Gasteiger charge is -2.06. The van der Waals surface area contributed by atoms with Crippen LogP contribution in [0.15, 0.2) is 19.8 Å². The van der Waals surface area contributed by atoms with Gasteiger partial charge in [0.25, 0.3) is 11.8 Å². The number of amides is 2. The first kappa shape index (κ1) is 13.4. The van der Waals surface area contributed by atoms with Gasteiger partial charge in [0.15, 0.2) is 0 Å². The van der Waals surface area contributed by atoms with Crippen LogP contribution in [0.25, 0.3) is 5.57 Å². The predicted molar refractivity (Wildman–Crippen MR) is 79.8 cm³/mol. The maximum Gasteiger partial charge on any atom is 0.277 e. The van der Waals surface area contributed by atoms with Crippen molar-refractivity contribution in [2.75, 3.05) is 6.54 Å². The fourth-order valence-corrected chi connectivity index (χ4v) is 3.16. The van der Waals surface area contributed by atoms with Crippen LogP contribution in [0.5, 0.6) is 0 Å². The Morgan fingerprint density at radius 2 is 1.95 bits per heavy atom. The number of carbonyl (C=O) groups excluding carboxylic acids is 2. The third kappa shape index (κ3) is 1.97. The highest BCUT2D eigenvalue weighted by Gasteiger charge is 2.31. The molecule has 2 aliphatic rings. The molecule has 3 heterocycles. The van der Waals surface area contributed by atoms with Gasteiger partial charge in [-0.15, -0.1) is 0 Å². The summed E-state index contributed by atoms with van der Waals surface area (Å²) >= 11 is 6.74. The van der Waals surface area contributed by atoms with Gasteiger partial charge in [-0.3, -0.25) is 14.9 Å². The van der Waals surface area contributed by atoms with Crippen molar-refractivity contribution in [1.29, 1.82) is 0 Å². The number of aliphatic imine (C=N–C) groups is 1. The average Bonchev–Trinajstić information content (AvgIpc) is 2.81. The summed E-state index contributed by atoms with van der Waals surface area (Å²) < 4.78 is 1.31. The predicted octanol–water partition coefficient (Wildman–Crippen LogP) is 0.829. The highest BCUT2D eigenvalue weighted by molar-refractivity contribution is 9.13. The van der Waals surface area contributed by atoms with E-state index in [2.05, 4.69) is 52.5 Å². The number of hydrogen-bond donors (Lipinski definition) is 4. The molecule has 0 unspecified atom stereocenters. The van der Waals surface area contributed by atoms with E-state index in [-0.39, 0.29) is 23.5 Å². The third-order valence-corrected chi connectivity index (χ3v) is 4.98. The molecule has 0 aromatic carbocycles. The first-order chi connectivity index (χ1) is 9.49. The zero-order valence-electron chi connectivity index (χ0n) is 10.0. The summed E-state index contributed by atoms with van der Waals surface area (Å²) in [5.41, 5.74) is 7.46. The number of nitrogens with two attached hydrogens (primary N) is 1. The SMILES string of the molecule is NC1=N/C(=C2/CCNC(=O)c3[nH]c(Br)c(Br)c32)C(=O)N1. The molecule has 2 amide bonds. The summed E-state index contributed by atoms with van der Waals surface area (Å²) in [5.74, 6) is -0.521. The number of nitrogens with zero attached hydrogens (tertiary/aromatic N) is 1. The van der Waals surface area contributed by atoms with Crippen LogP contribution in [0.4, 0.5) is 0 Å². The number of halogens is 2. The van der Waals surface area contributed by atoms with Crippen molar-refractivity contribution in [2.45, 2.75) is 6.42 Å². The van der Waals surface area contributed by atoms with Crippen molar-refractivity contribution in [3.63, 3.8) is 0 Å². The molecule has 0 saturated carbocycles. The number of guanidine groups is 1. The number of hydrogen-bond acceptors (Lipinski definition) is 4. The van der Waals surface area contributed by atoms with E-state index in [1.165, 1.54) is 0 Å². The summed E-state index contributed by atoms with van der Waals surface area (Å²) in [6.07, 6.45) is 0.487. The average molecular weight is 403 g/mol. The summed E-state index contributed by atoms with van der Waals surface area (Å²) in [6.45, 7) is 0.424. The Balaban J connectivity index is 2.29. The summed E-state index contributed by atoms with van der Waals surface area (Å²) in [5, 5.41) is 5.20. The molecule has 0 radical (unpaired) electrons. The Labute approximate surface area is 130 Å². The maximum atomic E-state index is 12.0. The molecule has 0 bridgehead atoms. The van der Waals surface area contributed by atoms with E-state index in [1.54, 1.807) is 0 Å². The normalized spacial score (nSPS) is 22.0. The summed E-state index contributed by atoms with van der Waals surface area (Å²) in [4.78, 5) is 30.9. The van der Waals surface area contributed by atoms with E-state index in [0.29, 0.717) is 38.9 Å². The molecular formula is C11H9Br2N5O2. The molecule has 1 aromatic rings. The number of aromatic amines is 1. The molecule has 0 saturated heterocycles. The summed E-state index contributed by atoms with van der Waals surface area (Å²) in [7, 11) is 0. The van der Waals surface area contributed by atoms with Gasteiger partial charge in [0.1, 0.15) is 11.4 Å². The maximum absolute atomic E-state index is 12.0. The van der Waals surface area contributed by atoms with E-state index < -0.39 is 0 Å². The molecule has 0 aliphatic carbocycles. The quantitative estimate of drug-likeness (QED) is 0.482. The molecule has 2 aliphatic heterocycles. The van der Waals surface area contributed by atoms with Gasteiger partial charge < -0.3 is 16.0 Å². The number of nitrogens with one attached hydrogen (secondary N) is 3. The van der Waals surface area contributed by atoms with Crippen LogP contribution in [0.3, 0.4) is 0 Å². The van der Waals surface area contributed by atoms with Crippen molar-refractivity contribution in [1.82, 2.24) is 15.6 Å². The van der Waals surface area contributed by atoms with Crippen molar-refractivity contribution in [2.24, 2.45) is 10.7 Å². The van der Waals surface area contributed by atoms with Gasteiger partial charge in [0, 0.05) is 12.1 Å². The highest BCUT2D eigenvalue weighted by Crippen LogP contribution is 2.38. The van der Waals surface area contributed by atoms with Crippen molar-refractivity contribution < 1.29 is 9.59 Å². The molecule has 104 valence electrons. The minimum atomic E-state index is -0.359. The van der Waals surface area contributed by atoms with Crippen LogP contribution in [0, 0.1) is 0 Å². The van der Waals surface area contributed by atoms with E-state index in [9.17, 15) is 9.59 Å². The minimum absolute atomic E-state index is 0.0632. The molecule has 20 heavy (non-hydrogen) atoms. The molecule has 1 aromatic heterocycles. The van der Waals surface area contributed by atoms with Crippen LogP contribution < -0.4 is 16.4 Å². The second-order valence-corrected chi connectivity index (χ2v) is 5.87. The number of carbonyl (C=O) groups is 2. The number of aromatic nitrogens is 1. The first-order valence-corrected chi connectivity index (χ1v) is 7.32. The van der Waals surface area contributed by atoms with Gasteiger partial charge in [-0.1, -0.05) is 0 Å². The van der Waals surface area contributed by atoms with Crippen LogP contribution in [0.1, 0.15) is 22.5 Å². The topological polar surface area (TPSA) is 112 Å². The molecule has 9 heteroatoms. The van der Waals surface area contributed by atoms with E-state index in [1.807, 2.05) is 0 Å². The number of rotatable bonds is 0. The molecule has 0 fully saturated rings. The molecular weight excluding hydrogens is 394 g/mol. The van der Waals surface area contributed by atoms with Gasteiger partial charge >= 0.3 is 0 Å². The molecule has 5 N–H and O–H groups in total. The lowest BCUT2D eigenvalue weighted by molar-refractivity contribution is -0.115. The van der Waals surface area contributed by atoms with Crippen LogP contribution in [-0.4, -0.2) is 29.3 Å². The van der Waals surface area contributed by atoms with Crippen LogP contribution in [-0.2, 0) is 4.79 Å². The Morgan fingerprint density at radius 1 is 1.20 bits per heavy atom. The lowest BCUT2D eigenvalue weighted by atomic mass is 10.0. The molecule has 3 rings (SSSR count). The molecule has 7 nitrogen and oxygen atoms in total. The summed E-state index contributed by atoms with van der Waals surface area (Å²) in [6, 6.07) is 0. The fourth-order valence-electron chi connectivity index (χ4n) is 2.23. The number of H-pyrrole nitrogens is 1. The van der Waals surface area contributed by atoms with E-state index in [4.69, 9.17) is 5.73 Å². The number of fused-ring (bicyclic) bond motifs is 1. The second kappa shape index (κ2) is 4.74. The molecule has 0 spiro atoms. The Bertz CT molecular complexity index is 704. The Hall–Kier alpha value is -1.61. The van der Waals surface area contributed by atoms with E-state index in [0.717, 1.165) is 0 Å². The van der Waals surface area contributed by atoms with Gasteiger partial charge in [-0.25, -0.2) is 4.99 Å². The van der Waals surface area contributed by atoms with E-state index >= 15 is 0 Å². The monoisotopic (exact) mass is 401 g/mol. The first-order valence-electron chi connectivity index (χ1n) is 5.73. The fraction of sp³-hybridized carbons (Fsp3) is 0.182.